The Balaban J connectivity index is 0.00000134. The van der Waals surface area contributed by atoms with Gasteiger partial charge in [-0.2, -0.15) is 0 Å². The standard InChI is InChI=1S/C25H40Cl3N3O6.C21H34Cl3N3O6.C9H16O3/c1-7-8-11-21(36-6)16(4)20(32)13-18(15(2)3)22(33)29-17(5)23(34)31-12-9-10-19(30-31)24(35)37-14-25(26,27)28;1-12(2)14(10-16(28)33-20(4,5)6)17(29)25-13(3)18(30)27-9-7-8-15(26-27)19(31)32-11-21(22,23)24;1-4-5-6-8(12-3)7(2)9(10)11/h7,15-19,21,30H,1,8-14H2,2-6H3,(H,29,33);12-15,26H,7-11H2,1-6H3,(H,25,29);4,7-8H,1,5-6H2,2-3H3,(H,10,11)/t16-,17-,18-,19-,21+;13-,14-,15-;7-,8-/m001/s1. The van der Waals surface area contributed by atoms with Crippen molar-refractivity contribution >= 4 is 123 Å². The Morgan fingerprint density at radius 2 is 0.988 bits per heavy atom. The van der Waals surface area contributed by atoms with E-state index in [0.717, 1.165) is 12.8 Å². The Morgan fingerprint density at radius 3 is 1.30 bits per heavy atom. The normalized spacial score (nSPS) is 18.6. The molecule has 2 heterocycles. The van der Waals surface area contributed by atoms with Crippen LogP contribution in [0.15, 0.2) is 25.3 Å². The van der Waals surface area contributed by atoms with E-state index in [1.165, 1.54) is 24.1 Å². The average molecular weight is 1290 g/mol. The zero-order chi connectivity index (χ0) is 63.5. The largest absolute Gasteiger partial charge is 0.481 e. The molecule has 0 bridgehead atoms. The van der Waals surface area contributed by atoms with Crippen molar-refractivity contribution in [2.45, 2.75) is 190 Å². The van der Waals surface area contributed by atoms with Gasteiger partial charge in [-0.05, 0) is 105 Å². The van der Waals surface area contributed by atoms with Crippen LogP contribution in [0.1, 0.15) is 140 Å². The summed E-state index contributed by atoms with van der Waals surface area (Å²) in [6.45, 7) is 26.3. The summed E-state index contributed by atoms with van der Waals surface area (Å²) in [5, 5.41) is 16.6. The minimum Gasteiger partial charge on any atom is -0.481 e. The molecule has 10 atom stereocenters. The fraction of sp³-hybridized carbons (Fsp3) is 0.764. The number of carbonyl (C=O) groups is 9. The zero-order valence-electron chi connectivity index (χ0n) is 49.7. The molecule has 4 amide bonds. The summed E-state index contributed by atoms with van der Waals surface area (Å²) < 4.78 is 22.4. The van der Waals surface area contributed by atoms with Gasteiger partial charge in [-0.25, -0.2) is 10.9 Å². The number of halogens is 6. The summed E-state index contributed by atoms with van der Waals surface area (Å²) in [7, 11) is 3.10. The van der Waals surface area contributed by atoms with Crippen LogP contribution in [0.2, 0.25) is 0 Å². The maximum Gasteiger partial charge on any atom is 0.325 e. The van der Waals surface area contributed by atoms with Crippen LogP contribution in [0.3, 0.4) is 0 Å². The number of carboxylic acid groups (broad SMARTS) is 1. The molecule has 2 aliphatic rings. The highest BCUT2D eigenvalue weighted by Gasteiger charge is 2.38. The smallest absolute Gasteiger partial charge is 0.325 e. The SMILES string of the molecule is C=CCC[C@@H](OC)[C@@H](C)C(=O)C[C@H](C(=O)N[C@@H](C)C(=O)N1CCC[C@@H](C(=O)OCC(Cl)(Cl)Cl)N1)C(C)C.C=CCC[C@@H](OC)[C@@H](C)C(=O)O.CC(C)[C@H](CC(=O)OC(C)(C)C)C(=O)N[C@@H](C)C(=O)N1CCC[C@@H](C(=O)OCC(Cl)(Cl)Cl)N1. The summed E-state index contributed by atoms with van der Waals surface area (Å²) in [4.78, 5) is 112. The van der Waals surface area contributed by atoms with Crippen molar-refractivity contribution in [3.63, 3.8) is 0 Å². The van der Waals surface area contributed by atoms with Gasteiger partial charge < -0.3 is 39.4 Å². The van der Waals surface area contributed by atoms with Crippen molar-refractivity contribution in [1.82, 2.24) is 31.5 Å². The molecule has 0 saturated carbocycles. The highest BCUT2D eigenvalue weighted by Crippen LogP contribution is 2.28. The monoisotopic (exact) mass is 1280 g/mol. The van der Waals surface area contributed by atoms with Crippen molar-refractivity contribution in [3.8, 4) is 0 Å². The number of carbonyl (C=O) groups excluding carboxylic acids is 8. The number of amides is 4. The number of hydrogen-bond donors (Lipinski definition) is 5. The number of nitrogens with zero attached hydrogens (tertiary/aromatic N) is 2. The number of alkyl halides is 6. The number of aliphatic carboxylic acids is 1. The van der Waals surface area contributed by atoms with Gasteiger partial charge in [-0.15, -0.1) is 13.2 Å². The second-order valence-electron chi connectivity index (χ2n) is 21.9. The van der Waals surface area contributed by atoms with E-state index in [0.29, 0.717) is 51.6 Å². The van der Waals surface area contributed by atoms with E-state index in [2.05, 4.69) is 34.6 Å². The molecule has 2 fully saturated rings. The van der Waals surface area contributed by atoms with E-state index in [1.54, 1.807) is 60.8 Å². The third-order valence-corrected chi connectivity index (χ3v) is 13.8. The van der Waals surface area contributed by atoms with Crippen LogP contribution in [-0.2, 0) is 66.8 Å². The molecule has 0 spiro atoms. The maximum atomic E-state index is 13.1. The van der Waals surface area contributed by atoms with E-state index >= 15 is 0 Å². The van der Waals surface area contributed by atoms with Crippen molar-refractivity contribution in [2.75, 3.05) is 40.5 Å². The minimum atomic E-state index is -1.74. The molecule has 0 unspecified atom stereocenters. The molecule has 472 valence electrons. The van der Waals surface area contributed by atoms with Crippen LogP contribution >= 0.6 is 69.6 Å². The number of hydrogen-bond acceptors (Lipinski definition) is 16. The molecule has 0 aromatic rings. The van der Waals surface area contributed by atoms with Gasteiger partial charge in [0.15, 0.2) is 0 Å². The second kappa shape index (κ2) is 38.5. The van der Waals surface area contributed by atoms with Crippen molar-refractivity contribution in [1.29, 1.82) is 0 Å². The number of methoxy groups -OCH3 is 2. The first-order valence-corrected chi connectivity index (χ1v) is 29.6. The number of rotatable bonds is 28. The first kappa shape index (κ1) is 78.5. The Kier molecular flexibility index (Phi) is 36.9. The average Bonchev–Trinajstić information content (AvgIpc) is 3.50. The maximum absolute atomic E-state index is 13.1. The quantitative estimate of drug-likeness (QED) is 0.0213. The molecule has 0 aliphatic carbocycles. The summed E-state index contributed by atoms with van der Waals surface area (Å²) in [5.41, 5.74) is 4.98. The number of Topliss-reactive ketones (excluding diaryl/α,β-unsaturated/α-hetero) is 1. The summed E-state index contributed by atoms with van der Waals surface area (Å²) in [6, 6.07) is -3.34. The predicted octanol–water partition coefficient (Wildman–Crippen LogP) is 8.34. The van der Waals surface area contributed by atoms with Crippen LogP contribution < -0.4 is 21.5 Å². The Hall–Kier alpha value is -3.51. The third kappa shape index (κ3) is 31.6. The minimum absolute atomic E-state index is 0.0403. The molecule has 5 N–H and O–H groups in total. The van der Waals surface area contributed by atoms with E-state index in [-0.39, 0.29) is 54.5 Å². The molecule has 0 radical (unpaired) electrons. The van der Waals surface area contributed by atoms with Gasteiger partial charge in [-0.3, -0.25) is 53.2 Å². The highest BCUT2D eigenvalue weighted by molar-refractivity contribution is 6.68. The number of ketones is 1. The summed E-state index contributed by atoms with van der Waals surface area (Å²) in [5.74, 6) is -6.68. The topological polar surface area (TPSA) is 275 Å². The highest BCUT2D eigenvalue weighted by atomic mass is 35.6. The van der Waals surface area contributed by atoms with Crippen LogP contribution in [0.4, 0.5) is 0 Å². The van der Waals surface area contributed by atoms with E-state index in [9.17, 15) is 43.2 Å². The first-order chi connectivity index (χ1) is 37.8. The van der Waals surface area contributed by atoms with Crippen molar-refractivity contribution in [3.05, 3.63) is 25.3 Å². The second-order valence-corrected chi connectivity index (χ2v) is 26.9. The molecule has 2 aliphatic heterocycles. The Bertz CT molecular complexity index is 2090. The van der Waals surface area contributed by atoms with E-state index in [4.69, 9.17) is 98.4 Å². The fourth-order valence-electron chi connectivity index (χ4n) is 8.27. The number of allylic oxidation sites excluding steroid dienone is 2. The molecule has 2 saturated heterocycles. The number of nitrogens with one attached hydrogen (secondary N) is 4. The van der Waals surface area contributed by atoms with Crippen molar-refractivity contribution in [2.24, 2.45) is 35.5 Å². The molecule has 27 heteroatoms. The number of hydrazine groups is 2. The summed E-state index contributed by atoms with van der Waals surface area (Å²) >= 11 is 33.7. The molecule has 21 nitrogen and oxygen atoms in total. The van der Waals surface area contributed by atoms with Gasteiger partial charge in [0.2, 0.25) is 19.4 Å². The van der Waals surface area contributed by atoms with Gasteiger partial charge in [0.1, 0.15) is 48.8 Å². The van der Waals surface area contributed by atoms with Crippen LogP contribution in [0.5, 0.6) is 0 Å². The first-order valence-electron chi connectivity index (χ1n) is 27.3. The molecular formula is C55H90Cl6N6O15. The van der Waals surface area contributed by atoms with Gasteiger partial charge in [0, 0.05) is 45.6 Å². The molecule has 0 aromatic heterocycles. The molecule has 2 rings (SSSR count). The van der Waals surface area contributed by atoms with Crippen LogP contribution in [0.25, 0.3) is 0 Å². The number of esters is 3. The Morgan fingerprint density at radius 1 is 0.622 bits per heavy atom. The number of carboxylic acids is 1. The van der Waals surface area contributed by atoms with Gasteiger partial charge in [-0.1, -0.05) is 116 Å². The lowest BCUT2D eigenvalue weighted by Gasteiger charge is -2.34. The molecule has 82 heavy (non-hydrogen) atoms. The van der Waals surface area contributed by atoms with Crippen molar-refractivity contribution < 1.29 is 71.9 Å². The lowest BCUT2D eigenvalue weighted by Crippen LogP contribution is -2.60. The van der Waals surface area contributed by atoms with E-state index < -0.39 is 110 Å². The van der Waals surface area contributed by atoms with Gasteiger partial charge >= 0.3 is 23.9 Å². The Labute approximate surface area is 514 Å². The van der Waals surface area contributed by atoms with Crippen LogP contribution in [-0.4, -0.2) is 158 Å². The van der Waals surface area contributed by atoms with Gasteiger partial charge in [0.25, 0.3) is 11.8 Å². The molecule has 0 aromatic carbocycles. The fourth-order valence-corrected chi connectivity index (χ4v) is 8.60. The van der Waals surface area contributed by atoms with E-state index in [1.807, 2.05) is 27.7 Å². The van der Waals surface area contributed by atoms with Gasteiger partial charge in [0.05, 0.1) is 30.5 Å². The third-order valence-electron chi connectivity index (χ3n) is 13.1. The number of ether oxygens (including phenoxy) is 5. The lowest BCUT2D eigenvalue weighted by atomic mass is 9.84. The lowest BCUT2D eigenvalue weighted by molar-refractivity contribution is -0.158. The van der Waals surface area contributed by atoms with Crippen LogP contribution in [0, 0.1) is 35.5 Å². The summed E-state index contributed by atoms with van der Waals surface area (Å²) in [6.07, 6.45) is 7.87. The predicted molar refractivity (Wildman–Crippen MR) is 317 cm³/mol. The zero-order valence-corrected chi connectivity index (χ0v) is 54.3. The molecular weight excluding hydrogens is 1200 g/mol.